The molecule has 0 spiro atoms. The molecule has 0 aliphatic heterocycles. The van der Waals surface area contributed by atoms with E-state index in [-0.39, 0.29) is 12.3 Å². The topological polar surface area (TPSA) is 98.8 Å². The molecule has 0 radical (unpaired) electrons. The normalized spacial score (nSPS) is 10.3. The number of nitrogens with one attached hydrogen (secondary N) is 2. The predicted molar refractivity (Wildman–Crippen MR) is 113 cm³/mol. The van der Waals surface area contributed by atoms with Crippen molar-refractivity contribution in [2.45, 2.75) is 6.92 Å². The maximum atomic E-state index is 12.5. The number of hydrogen-bond donors (Lipinski definition) is 2. The summed E-state index contributed by atoms with van der Waals surface area (Å²) in [4.78, 5) is 28.8. The van der Waals surface area contributed by atoms with Gasteiger partial charge in [-0.2, -0.15) is 0 Å². The predicted octanol–water partition coefficient (Wildman–Crippen LogP) is 4.39. The SMILES string of the molecule is CCOC(=O)c1ccsc1NC(=O)c1csc(Nc2ccc(OC)c(OC)c2)n1. The largest absolute Gasteiger partial charge is 0.493 e. The maximum Gasteiger partial charge on any atom is 0.341 e. The van der Waals surface area contributed by atoms with Crippen LogP contribution in [0.1, 0.15) is 27.8 Å². The molecule has 152 valence electrons. The highest BCUT2D eigenvalue weighted by Gasteiger charge is 2.18. The molecular weight excluding hydrogens is 414 g/mol. The molecular formula is C19H19N3O5S2. The Morgan fingerprint density at radius 2 is 1.90 bits per heavy atom. The van der Waals surface area contributed by atoms with Crippen molar-refractivity contribution in [1.29, 1.82) is 0 Å². The van der Waals surface area contributed by atoms with Gasteiger partial charge in [0, 0.05) is 17.1 Å². The Bertz CT molecular complexity index is 1010. The highest BCUT2D eigenvalue weighted by Crippen LogP contribution is 2.32. The Hall–Kier alpha value is -3.11. The number of thiophene rings is 1. The molecule has 8 nitrogen and oxygen atoms in total. The number of carbonyl (C=O) groups excluding carboxylic acids is 2. The molecule has 0 aliphatic rings. The number of methoxy groups -OCH3 is 2. The minimum absolute atomic E-state index is 0.237. The van der Waals surface area contributed by atoms with E-state index >= 15 is 0 Å². The number of hydrogen-bond acceptors (Lipinski definition) is 9. The lowest BCUT2D eigenvalue weighted by molar-refractivity contribution is 0.0528. The van der Waals surface area contributed by atoms with Crippen LogP contribution in [0.3, 0.4) is 0 Å². The number of aromatic nitrogens is 1. The van der Waals surface area contributed by atoms with Gasteiger partial charge in [-0.1, -0.05) is 0 Å². The lowest BCUT2D eigenvalue weighted by atomic mass is 10.3. The molecule has 2 heterocycles. The van der Waals surface area contributed by atoms with E-state index in [4.69, 9.17) is 14.2 Å². The van der Waals surface area contributed by atoms with Gasteiger partial charge in [-0.25, -0.2) is 9.78 Å². The maximum absolute atomic E-state index is 12.5. The van der Waals surface area contributed by atoms with Crippen LogP contribution in [0.2, 0.25) is 0 Å². The van der Waals surface area contributed by atoms with Crippen molar-refractivity contribution >= 4 is 50.4 Å². The molecule has 3 aromatic rings. The second-order valence-electron chi connectivity index (χ2n) is 5.57. The molecule has 0 saturated heterocycles. The second-order valence-corrected chi connectivity index (χ2v) is 7.34. The third-order valence-electron chi connectivity index (χ3n) is 3.76. The number of benzene rings is 1. The van der Waals surface area contributed by atoms with Crippen molar-refractivity contribution in [1.82, 2.24) is 4.98 Å². The van der Waals surface area contributed by atoms with Crippen molar-refractivity contribution < 1.29 is 23.8 Å². The summed E-state index contributed by atoms with van der Waals surface area (Å²) in [6.07, 6.45) is 0. The lowest BCUT2D eigenvalue weighted by Gasteiger charge is -2.09. The fourth-order valence-corrected chi connectivity index (χ4v) is 3.90. The van der Waals surface area contributed by atoms with Gasteiger partial charge in [0.1, 0.15) is 10.7 Å². The average Bonchev–Trinajstić information content (AvgIpc) is 3.37. The fourth-order valence-electron chi connectivity index (χ4n) is 2.42. The molecule has 1 amide bonds. The summed E-state index contributed by atoms with van der Waals surface area (Å²) in [7, 11) is 3.13. The summed E-state index contributed by atoms with van der Waals surface area (Å²) in [6.45, 7) is 1.99. The summed E-state index contributed by atoms with van der Waals surface area (Å²) < 4.78 is 15.5. The summed E-state index contributed by atoms with van der Waals surface area (Å²) in [6, 6.07) is 6.98. The molecule has 0 unspecified atom stereocenters. The minimum Gasteiger partial charge on any atom is -0.493 e. The van der Waals surface area contributed by atoms with Crippen molar-refractivity contribution in [3.05, 3.63) is 46.3 Å². The third kappa shape index (κ3) is 4.84. The van der Waals surface area contributed by atoms with Gasteiger partial charge in [-0.3, -0.25) is 4.79 Å². The Labute approximate surface area is 175 Å². The van der Waals surface area contributed by atoms with Gasteiger partial charge in [0.2, 0.25) is 0 Å². The number of ether oxygens (including phenoxy) is 3. The molecule has 0 saturated carbocycles. The van der Waals surface area contributed by atoms with Gasteiger partial charge in [0.15, 0.2) is 16.6 Å². The summed E-state index contributed by atoms with van der Waals surface area (Å²) in [5.41, 5.74) is 1.30. The van der Waals surface area contributed by atoms with E-state index in [0.29, 0.717) is 27.2 Å². The molecule has 1 aromatic carbocycles. The Balaban J connectivity index is 1.70. The van der Waals surface area contributed by atoms with E-state index in [9.17, 15) is 9.59 Å². The molecule has 2 N–H and O–H groups in total. The van der Waals surface area contributed by atoms with Crippen LogP contribution in [0.25, 0.3) is 0 Å². The first kappa shape index (κ1) is 20.6. The van der Waals surface area contributed by atoms with Crippen LogP contribution in [-0.4, -0.2) is 37.7 Å². The van der Waals surface area contributed by atoms with E-state index in [1.54, 1.807) is 50.1 Å². The highest BCUT2D eigenvalue weighted by atomic mass is 32.1. The molecule has 0 aliphatic carbocycles. The summed E-state index contributed by atoms with van der Waals surface area (Å²) in [5.74, 6) is 0.314. The number of amides is 1. The fraction of sp³-hybridized carbons (Fsp3) is 0.211. The zero-order valence-electron chi connectivity index (χ0n) is 16.0. The minimum atomic E-state index is -0.474. The van der Waals surface area contributed by atoms with Crippen LogP contribution in [0.15, 0.2) is 35.0 Å². The first-order chi connectivity index (χ1) is 14.0. The molecule has 0 atom stereocenters. The number of anilines is 3. The Kier molecular flexibility index (Phi) is 6.68. The summed E-state index contributed by atoms with van der Waals surface area (Å²) >= 11 is 2.53. The van der Waals surface area contributed by atoms with E-state index in [1.807, 2.05) is 6.07 Å². The monoisotopic (exact) mass is 433 g/mol. The zero-order valence-corrected chi connectivity index (χ0v) is 17.6. The molecule has 29 heavy (non-hydrogen) atoms. The van der Waals surface area contributed by atoms with Crippen LogP contribution in [0, 0.1) is 0 Å². The average molecular weight is 434 g/mol. The molecule has 10 heteroatoms. The zero-order chi connectivity index (χ0) is 20.8. The van der Waals surface area contributed by atoms with Gasteiger partial charge in [-0.05, 0) is 30.5 Å². The third-order valence-corrected chi connectivity index (χ3v) is 5.35. The van der Waals surface area contributed by atoms with E-state index < -0.39 is 11.9 Å². The number of nitrogens with zero attached hydrogens (tertiary/aromatic N) is 1. The number of carbonyl (C=O) groups is 2. The molecule has 0 fully saturated rings. The smallest absolute Gasteiger partial charge is 0.341 e. The summed E-state index contributed by atoms with van der Waals surface area (Å²) in [5, 5.41) is 10.2. The van der Waals surface area contributed by atoms with Crippen LogP contribution in [-0.2, 0) is 4.74 Å². The Morgan fingerprint density at radius 1 is 1.10 bits per heavy atom. The Morgan fingerprint density at radius 3 is 2.62 bits per heavy atom. The van der Waals surface area contributed by atoms with Crippen LogP contribution >= 0.6 is 22.7 Å². The van der Waals surface area contributed by atoms with Crippen molar-refractivity contribution in [3.63, 3.8) is 0 Å². The van der Waals surface area contributed by atoms with Crippen LogP contribution in [0.5, 0.6) is 11.5 Å². The lowest BCUT2D eigenvalue weighted by Crippen LogP contribution is -2.14. The first-order valence-electron chi connectivity index (χ1n) is 8.56. The van der Waals surface area contributed by atoms with Crippen molar-refractivity contribution in [2.75, 3.05) is 31.5 Å². The number of esters is 1. The van der Waals surface area contributed by atoms with Crippen LogP contribution in [0.4, 0.5) is 15.8 Å². The van der Waals surface area contributed by atoms with E-state index in [0.717, 1.165) is 5.69 Å². The van der Waals surface area contributed by atoms with E-state index in [2.05, 4.69) is 15.6 Å². The second kappa shape index (κ2) is 9.39. The van der Waals surface area contributed by atoms with Gasteiger partial charge in [0.05, 0.1) is 26.4 Å². The van der Waals surface area contributed by atoms with Gasteiger partial charge >= 0.3 is 5.97 Å². The quantitative estimate of drug-likeness (QED) is 0.508. The number of thiazole rings is 1. The van der Waals surface area contributed by atoms with Gasteiger partial charge in [-0.15, -0.1) is 22.7 Å². The van der Waals surface area contributed by atoms with Crippen molar-refractivity contribution in [2.24, 2.45) is 0 Å². The van der Waals surface area contributed by atoms with Crippen molar-refractivity contribution in [3.8, 4) is 11.5 Å². The van der Waals surface area contributed by atoms with Crippen LogP contribution < -0.4 is 20.1 Å². The molecule has 2 aromatic heterocycles. The van der Waals surface area contributed by atoms with E-state index in [1.165, 1.54) is 22.7 Å². The first-order valence-corrected chi connectivity index (χ1v) is 10.3. The standard InChI is InChI=1S/C19H19N3O5S2/c1-4-27-18(24)12-7-8-28-17(12)22-16(23)13-10-29-19(21-13)20-11-5-6-14(25-2)15(9-11)26-3/h5-10H,4H2,1-3H3,(H,20,21)(H,22,23). The number of rotatable bonds is 8. The molecule has 0 bridgehead atoms. The van der Waals surface area contributed by atoms with Gasteiger partial charge in [0.25, 0.3) is 5.91 Å². The highest BCUT2D eigenvalue weighted by molar-refractivity contribution is 7.15. The molecule has 3 rings (SSSR count). The van der Waals surface area contributed by atoms with Gasteiger partial charge < -0.3 is 24.8 Å².